The second-order valence-electron chi connectivity index (χ2n) is 2.17. The molecule has 0 amide bonds. The summed E-state index contributed by atoms with van der Waals surface area (Å²) in [5.74, 6) is -0.235. The van der Waals surface area contributed by atoms with Gasteiger partial charge in [-0.05, 0) is 13.0 Å². The van der Waals surface area contributed by atoms with E-state index < -0.39 is 6.36 Å². The van der Waals surface area contributed by atoms with Crippen molar-refractivity contribution in [3.63, 3.8) is 0 Å². The van der Waals surface area contributed by atoms with Gasteiger partial charge < -0.3 is 4.74 Å². The highest BCUT2D eigenvalue weighted by atomic mass is 19.4. The van der Waals surface area contributed by atoms with Gasteiger partial charge in [0.15, 0.2) is 0 Å². The topological polar surface area (TPSA) is 9.23 Å². The van der Waals surface area contributed by atoms with Gasteiger partial charge >= 0.3 is 6.36 Å². The van der Waals surface area contributed by atoms with Crippen LogP contribution in [0.15, 0.2) is 34.9 Å². The lowest BCUT2D eigenvalue weighted by Gasteiger charge is -2.10. The van der Waals surface area contributed by atoms with Crippen molar-refractivity contribution < 1.29 is 17.9 Å². The molecule has 0 atom stereocenters. The van der Waals surface area contributed by atoms with Crippen molar-refractivity contribution in [3.05, 3.63) is 34.9 Å². The van der Waals surface area contributed by atoms with E-state index in [0.717, 1.165) is 6.08 Å². The maximum absolute atomic E-state index is 11.7. The van der Waals surface area contributed by atoms with Crippen LogP contribution in [-0.4, -0.2) is 6.36 Å². The van der Waals surface area contributed by atoms with Crippen LogP contribution in [-0.2, 0) is 4.74 Å². The molecule has 0 fully saturated rings. The van der Waals surface area contributed by atoms with Crippen molar-refractivity contribution in [2.24, 2.45) is 0 Å². The van der Waals surface area contributed by atoms with Gasteiger partial charge in [-0.1, -0.05) is 11.5 Å². The Hall–Kier alpha value is -1.37. The summed E-state index contributed by atoms with van der Waals surface area (Å²) in [6, 6.07) is 0. The Labute approximate surface area is 67.1 Å². The van der Waals surface area contributed by atoms with Crippen LogP contribution < -0.4 is 0 Å². The number of hydrogen-bond donors (Lipinski definition) is 0. The maximum Gasteiger partial charge on any atom is 0.573 e. The Morgan fingerprint density at radius 1 is 1.25 bits per heavy atom. The van der Waals surface area contributed by atoms with E-state index in [-0.39, 0.29) is 5.76 Å². The zero-order chi connectivity index (χ0) is 9.19. The van der Waals surface area contributed by atoms with Crippen LogP contribution >= 0.6 is 0 Å². The molecule has 64 valence electrons. The van der Waals surface area contributed by atoms with Crippen LogP contribution in [0.3, 0.4) is 0 Å². The second-order valence-corrected chi connectivity index (χ2v) is 2.17. The van der Waals surface area contributed by atoms with E-state index in [1.165, 1.54) is 13.0 Å². The summed E-state index contributed by atoms with van der Waals surface area (Å²) in [7, 11) is 0. The number of hydrogen-bond acceptors (Lipinski definition) is 1. The molecule has 0 aromatic heterocycles. The molecule has 0 N–H and O–H groups in total. The molecule has 0 aliphatic heterocycles. The van der Waals surface area contributed by atoms with Crippen LogP contribution in [0.2, 0.25) is 0 Å². The molecular weight excluding hydrogens is 169 g/mol. The van der Waals surface area contributed by atoms with Gasteiger partial charge in [0.05, 0.1) is 0 Å². The van der Waals surface area contributed by atoms with Crippen molar-refractivity contribution in [3.8, 4) is 0 Å². The van der Waals surface area contributed by atoms with Gasteiger partial charge in [0.2, 0.25) is 0 Å². The van der Waals surface area contributed by atoms with Crippen LogP contribution in [0.1, 0.15) is 6.92 Å². The predicted molar refractivity (Wildman–Crippen MR) is 36.0 cm³/mol. The summed E-state index contributed by atoms with van der Waals surface area (Å²) in [4.78, 5) is 0. The van der Waals surface area contributed by atoms with E-state index in [0.29, 0.717) is 5.57 Å². The normalized spacial score (nSPS) is 15.7. The van der Waals surface area contributed by atoms with Crippen LogP contribution in [0.25, 0.3) is 0 Å². The lowest BCUT2D eigenvalue weighted by Crippen LogP contribution is -2.13. The highest BCUT2D eigenvalue weighted by Gasteiger charge is 2.32. The number of ether oxygens (including phenoxy) is 1. The molecule has 1 aliphatic rings. The summed E-state index contributed by atoms with van der Waals surface area (Å²) < 4.78 is 38.7. The Bertz CT molecular complexity index is 310. The average Bonchev–Trinajstić information content (AvgIpc) is 1.91. The maximum atomic E-state index is 11.7. The molecule has 1 rings (SSSR count). The molecule has 0 aromatic rings. The number of allylic oxidation sites excluding steroid dienone is 3. The van der Waals surface area contributed by atoms with Crippen LogP contribution in [0.4, 0.5) is 13.2 Å². The SMILES string of the molecule is CC1=C(OC(F)(F)F)C=C=C=C1. The first-order valence-electron chi connectivity index (χ1n) is 3.13. The van der Waals surface area contributed by atoms with Crippen molar-refractivity contribution >= 4 is 0 Å². The van der Waals surface area contributed by atoms with E-state index >= 15 is 0 Å². The van der Waals surface area contributed by atoms with Crippen LogP contribution in [0.5, 0.6) is 0 Å². The quantitative estimate of drug-likeness (QED) is 0.555. The van der Waals surface area contributed by atoms with Gasteiger partial charge in [-0.15, -0.1) is 13.2 Å². The van der Waals surface area contributed by atoms with E-state index in [4.69, 9.17) is 0 Å². The first kappa shape index (κ1) is 8.72. The van der Waals surface area contributed by atoms with E-state index in [9.17, 15) is 13.2 Å². The van der Waals surface area contributed by atoms with Crippen molar-refractivity contribution in [2.45, 2.75) is 13.3 Å². The Kier molecular flexibility index (Phi) is 2.13. The summed E-state index contributed by atoms with van der Waals surface area (Å²) in [6.45, 7) is 1.51. The molecule has 4 heteroatoms. The smallest absolute Gasteiger partial charge is 0.405 e. The highest BCUT2D eigenvalue weighted by molar-refractivity contribution is 5.30. The van der Waals surface area contributed by atoms with E-state index in [1.807, 2.05) is 0 Å². The minimum Gasteiger partial charge on any atom is -0.405 e. The largest absolute Gasteiger partial charge is 0.573 e. The van der Waals surface area contributed by atoms with E-state index in [1.54, 1.807) is 0 Å². The summed E-state index contributed by atoms with van der Waals surface area (Å²) in [5.41, 5.74) is 5.27. The number of halogens is 3. The Balaban J connectivity index is 2.80. The lowest BCUT2D eigenvalue weighted by atomic mass is 10.2. The molecular formula is C8H5F3O. The fourth-order valence-electron chi connectivity index (χ4n) is 0.677. The van der Waals surface area contributed by atoms with Crippen molar-refractivity contribution in [1.29, 1.82) is 0 Å². The van der Waals surface area contributed by atoms with Gasteiger partial charge in [0, 0.05) is 11.6 Å². The zero-order valence-electron chi connectivity index (χ0n) is 6.20. The van der Waals surface area contributed by atoms with Gasteiger partial charge in [-0.3, -0.25) is 0 Å². The molecule has 1 nitrogen and oxygen atoms in total. The molecule has 1 aliphatic carbocycles. The standard InChI is InChI=1S/C8H5F3O/c1-6-4-2-3-5-7(6)12-8(9,10)11/h4-5H,1H3. The van der Waals surface area contributed by atoms with Crippen molar-refractivity contribution in [1.82, 2.24) is 0 Å². The van der Waals surface area contributed by atoms with Crippen LogP contribution in [0, 0.1) is 0 Å². The molecule has 0 unspecified atom stereocenters. The predicted octanol–water partition coefficient (Wildman–Crippen LogP) is 2.68. The second kappa shape index (κ2) is 2.94. The minimum absolute atomic E-state index is 0.235. The molecule has 12 heavy (non-hydrogen) atoms. The molecule has 0 bridgehead atoms. The average molecular weight is 174 g/mol. The van der Waals surface area contributed by atoms with Gasteiger partial charge in [-0.25, -0.2) is 0 Å². The fourth-order valence-corrected chi connectivity index (χ4v) is 0.677. The Morgan fingerprint density at radius 3 is 2.33 bits per heavy atom. The summed E-state index contributed by atoms with van der Waals surface area (Å²) >= 11 is 0. The summed E-state index contributed by atoms with van der Waals surface area (Å²) in [5, 5.41) is 0. The first-order valence-corrected chi connectivity index (χ1v) is 3.13. The molecule has 0 spiro atoms. The van der Waals surface area contributed by atoms with Gasteiger partial charge in [0.25, 0.3) is 0 Å². The third kappa shape index (κ3) is 2.35. The third-order valence-electron chi connectivity index (χ3n) is 1.19. The van der Waals surface area contributed by atoms with Gasteiger partial charge in [-0.2, -0.15) is 0 Å². The zero-order valence-corrected chi connectivity index (χ0v) is 6.20. The molecule has 0 aromatic carbocycles. The molecule has 0 heterocycles. The number of rotatable bonds is 1. The Morgan fingerprint density at radius 2 is 1.83 bits per heavy atom. The minimum atomic E-state index is -4.64. The molecule has 0 radical (unpaired) electrons. The summed E-state index contributed by atoms with van der Waals surface area (Å²) in [6.07, 6.45) is -2.16. The van der Waals surface area contributed by atoms with Crippen molar-refractivity contribution in [2.75, 3.05) is 0 Å². The number of alkyl halides is 3. The highest BCUT2D eigenvalue weighted by Crippen LogP contribution is 2.24. The lowest BCUT2D eigenvalue weighted by molar-refractivity contribution is -0.303. The molecule has 0 saturated heterocycles. The monoisotopic (exact) mass is 174 g/mol. The van der Waals surface area contributed by atoms with E-state index in [2.05, 4.69) is 16.2 Å². The third-order valence-corrected chi connectivity index (χ3v) is 1.19. The first-order chi connectivity index (χ1) is 5.49. The fraction of sp³-hybridized carbons (Fsp3) is 0.250. The van der Waals surface area contributed by atoms with Gasteiger partial charge in [0.1, 0.15) is 5.76 Å². The molecule has 0 saturated carbocycles.